The van der Waals surface area contributed by atoms with Gasteiger partial charge in [-0.2, -0.15) is 0 Å². The Bertz CT molecular complexity index is 954. The van der Waals surface area contributed by atoms with Gasteiger partial charge < -0.3 is 14.8 Å². The second-order valence-electron chi connectivity index (χ2n) is 7.41. The Balaban J connectivity index is 1.27. The maximum Gasteiger partial charge on any atom is 0.253 e. The summed E-state index contributed by atoms with van der Waals surface area (Å²) >= 11 is 0. The Morgan fingerprint density at radius 2 is 1.45 bits per heavy atom. The Morgan fingerprint density at radius 3 is 2.10 bits per heavy atom. The van der Waals surface area contributed by atoms with Crippen molar-refractivity contribution in [1.29, 1.82) is 0 Å². The van der Waals surface area contributed by atoms with E-state index in [9.17, 15) is 9.59 Å². The van der Waals surface area contributed by atoms with Crippen molar-refractivity contribution >= 4 is 11.8 Å². The van der Waals surface area contributed by atoms with E-state index in [1.807, 2.05) is 82.5 Å². The van der Waals surface area contributed by atoms with Crippen molar-refractivity contribution in [2.45, 2.75) is 25.8 Å². The maximum atomic E-state index is 12.4. The summed E-state index contributed by atoms with van der Waals surface area (Å²) in [5, 5.41) is 2.95. The Morgan fingerprint density at radius 1 is 0.828 bits per heavy atom. The topological polar surface area (TPSA) is 54.3 Å². The van der Waals surface area contributed by atoms with Gasteiger partial charge >= 0.3 is 0 Å². The van der Waals surface area contributed by atoms with E-state index >= 15 is 0 Å². The summed E-state index contributed by atoms with van der Waals surface area (Å²) in [5.41, 5.74) is 3.75. The maximum absolute atomic E-state index is 12.4. The van der Waals surface area contributed by atoms with Crippen LogP contribution in [0.25, 0.3) is 5.69 Å². The molecule has 5 nitrogen and oxygen atoms in total. The van der Waals surface area contributed by atoms with Gasteiger partial charge in [0.2, 0.25) is 5.91 Å². The normalized spacial score (nSPS) is 13.4. The molecule has 0 atom stereocenters. The van der Waals surface area contributed by atoms with Crippen LogP contribution in [0.15, 0.2) is 73.1 Å². The lowest BCUT2D eigenvalue weighted by Gasteiger charge is -2.15. The number of carbonyl (C=O) groups is 2. The van der Waals surface area contributed by atoms with Gasteiger partial charge in [0, 0.05) is 43.3 Å². The molecule has 0 radical (unpaired) electrons. The van der Waals surface area contributed by atoms with Crippen molar-refractivity contribution < 1.29 is 9.59 Å². The molecule has 29 heavy (non-hydrogen) atoms. The molecule has 3 aromatic rings. The highest BCUT2D eigenvalue weighted by Gasteiger charge is 2.19. The minimum atomic E-state index is -0.0177. The first-order chi connectivity index (χ1) is 14.2. The molecular weight excluding hydrogens is 362 g/mol. The highest BCUT2D eigenvalue weighted by molar-refractivity contribution is 5.94. The standard InChI is InChI=1S/C24H25N3O2/c28-23(17-19-7-11-22(12-8-19)26-13-1-2-14-26)25-18-20-5-9-21(10-6-20)24(29)27-15-3-4-16-27/h1-2,5-14H,3-4,15-18H2,(H,25,28). The quantitative estimate of drug-likeness (QED) is 0.703. The summed E-state index contributed by atoms with van der Waals surface area (Å²) in [6.07, 6.45) is 6.50. The van der Waals surface area contributed by atoms with Gasteiger partial charge in [-0.05, 0) is 60.4 Å². The van der Waals surface area contributed by atoms with Crippen LogP contribution in [-0.2, 0) is 17.8 Å². The van der Waals surface area contributed by atoms with Gasteiger partial charge in [0.15, 0.2) is 0 Å². The number of aromatic nitrogens is 1. The van der Waals surface area contributed by atoms with Gasteiger partial charge in [0.1, 0.15) is 0 Å². The zero-order chi connectivity index (χ0) is 20.1. The number of nitrogens with one attached hydrogen (secondary N) is 1. The molecule has 0 bridgehead atoms. The first kappa shape index (κ1) is 19.0. The van der Waals surface area contributed by atoms with Crippen LogP contribution in [0.2, 0.25) is 0 Å². The highest BCUT2D eigenvalue weighted by Crippen LogP contribution is 2.14. The summed E-state index contributed by atoms with van der Waals surface area (Å²) in [5.74, 6) is 0.0809. The molecule has 1 aromatic heterocycles. The van der Waals surface area contributed by atoms with Crippen molar-refractivity contribution in [2.75, 3.05) is 13.1 Å². The van der Waals surface area contributed by atoms with Crippen LogP contribution in [0.4, 0.5) is 0 Å². The molecule has 1 aliphatic rings. The first-order valence-corrected chi connectivity index (χ1v) is 10.1. The molecule has 1 fully saturated rings. The zero-order valence-electron chi connectivity index (χ0n) is 16.4. The van der Waals surface area contributed by atoms with Crippen LogP contribution in [0.1, 0.15) is 34.3 Å². The second-order valence-corrected chi connectivity index (χ2v) is 7.41. The van der Waals surface area contributed by atoms with Crippen LogP contribution in [-0.4, -0.2) is 34.4 Å². The molecule has 2 aromatic carbocycles. The van der Waals surface area contributed by atoms with E-state index in [0.717, 1.165) is 42.7 Å². The highest BCUT2D eigenvalue weighted by atomic mass is 16.2. The van der Waals surface area contributed by atoms with Crippen molar-refractivity contribution in [3.63, 3.8) is 0 Å². The molecule has 1 saturated heterocycles. The number of benzene rings is 2. The fourth-order valence-electron chi connectivity index (χ4n) is 3.61. The summed E-state index contributed by atoms with van der Waals surface area (Å²) in [6.45, 7) is 2.16. The van der Waals surface area contributed by atoms with E-state index in [4.69, 9.17) is 0 Å². The van der Waals surface area contributed by atoms with Crippen molar-refractivity contribution in [3.8, 4) is 5.69 Å². The summed E-state index contributed by atoms with van der Waals surface area (Å²) < 4.78 is 2.03. The molecule has 5 heteroatoms. The molecule has 148 valence electrons. The lowest BCUT2D eigenvalue weighted by atomic mass is 10.1. The van der Waals surface area contributed by atoms with E-state index in [-0.39, 0.29) is 11.8 Å². The number of likely N-dealkylation sites (tertiary alicyclic amines) is 1. The van der Waals surface area contributed by atoms with Crippen LogP contribution < -0.4 is 5.32 Å². The predicted molar refractivity (Wildman–Crippen MR) is 113 cm³/mol. The van der Waals surface area contributed by atoms with E-state index in [2.05, 4.69) is 5.32 Å². The zero-order valence-corrected chi connectivity index (χ0v) is 16.4. The van der Waals surface area contributed by atoms with Crippen molar-refractivity contribution in [1.82, 2.24) is 14.8 Å². The lowest BCUT2D eigenvalue weighted by molar-refractivity contribution is -0.120. The summed E-state index contributed by atoms with van der Waals surface area (Å²) in [7, 11) is 0. The van der Waals surface area contributed by atoms with E-state index in [1.54, 1.807) is 0 Å². The number of nitrogens with zero attached hydrogens (tertiary/aromatic N) is 2. The van der Waals surface area contributed by atoms with Gasteiger partial charge in [-0.1, -0.05) is 24.3 Å². The van der Waals surface area contributed by atoms with Crippen LogP contribution in [0, 0.1) is 0 Å². The van der Waals surface area contributed by atoms with Crippen LogP contribution >= 0.6 is 0 Å². The molecule has 2 heterocycles. The molecule has 4 rings (SSSR count). The van der Waals surface area contributed by atoms with Gasteiger partial charge in [0.25, 0.3) is 5.91 Å². The fourth-order valence-corrected chi connectivity index (χ4v) is 3.61. The molecule has 0 spiro atoms. The van der Waals surface area contributed by atoms with E-state index in [1.165, 1.54) is 0 Å². The molecule has 1 aliphatic heterocycles. The Hall–Kier alpha value is -3.34. The Labute approximate surface area is 171 Å². The largest absolute Gasteiger partial charge is 0.352 e. The molecule has 1 N–H and O–H groups in total. The van der Waals surface area contributed by atoms with Crippen LogP contribution in [0.3, 0.4) is 0 Å². The average Bonchev–Trinajstić information content (AvgIpc) is 3.47. The molecule has 0 unspecified atom stereocenters. The fraction of sp³-hybridized carbons (Fsp3) is 0.250. The van der Waals surface area contributed by atoms with Gasteiger partial charge in [-0.15, -0.1) is 0 Å². The van der Waals surface area contributed by atoms with Gasteiger partial charge in [-0.25, -0.2) is 0 Å². The minimum absolute atomic E-state index is 0.0177. The van der Waals surface area contributed by atoms with Gasteiger partial charge in [0.05, 0.1) is 6.42 Å². The predicted octanol–water partition coefficient (Wildman–Crippen LogP) is 3.57. The van der Waals surface area contributed by atoms with E-state index in [0.29, 0.717) is 18.5 Å². The molecule has 0 aliphatic carbocycles. The number of amides is 2. The van der Waals surface area contributed by atoms with E-state index < -0.39 is 0 Å². The monoisotopic (exact) mass is 387 g/mol. The number of carbonyl (C=O) groups excluding carboxylic acids is 2. The first-order valence-electron chi connectivity index (χ1n) is 10.1. The van der Waals surface area contributed by atoms with Gasteiger partial charge in [-0.3, -0.25) is 9.59 Å². The third-order valence-electron chi connectivity index (χ3n) is 5.29. The number of hydrogen-bond donors (Lipinski definition) is 1. The Kier molecular flexibility index (Phi) is 5.75. The molecular formula is C24H25N3O2. The summed E-state index contributed by atoms with van der Waals surface area (Å²) in [4.78, 5) is 26.6. The third-order valence-corrected chi connectivity index (χ3v) is 5.29. The average molecular weight is 387 g/mol. The third kappa shape index (κ3) is 4.74. The number of hydrogen-bond acceptors (Lipinski definition) is 2. The van der Waals surface area contributed by atoms with Crippen molar-refractivity contribution in [3.05, 3.63) is 89.7 Å². The number of rotatable bonds is 6. The summed E-state index contributed by atoms with van der Waals surface area (Å²) in [6, 6.07) is 19.5. The lowest BCUT2D eigenvalue weighted by Crippen LogP contribution is -2.27. The smallest absolute Gasteiger partial charge is 0.253 e. The SMILES string of the molecule is O=C(Cc1ccc(-n2cccc2)cc1)NCc1ccc(C(=O)N2CCCC2)cc1. The second kappa shape index (κ2) is 8.78. The van der Waals surface area contributed by atoms with Crippen molar-refractivity contribution in [2.24, 2.45) is 0 Å². The molecule has 0 saturated carbocycles. The van der Waals surface area contributed by atoms with Crippen LogP contribution in [0.5, 0.6) is 0 Å². The minimum Gasteiger partial charge on any atom is -0.352 e. The molecule has 2 amide bonds.